The molecule has 0 radical (unpaired) electrons. The quantitative estimate of drug-likeness (QED) is 0.517. The number of hydrogen-bond acceptors (Lipinski definition) is 2. The molecule has 0 aromatic carbocycles. The second-order valence-electron chi connectivity index (χ2n) is 2.03. The number of rotatable bonds is 0. The smallest absolute Gasteiger partial charge is 0.0700 e. The third-order valence-electron chi connectivity index (χ3n) is 1.29. The predicted octanol–water partition coefficient (Wildman–Crippen LogP) is 0.929. The average Bonchev–Trinajstić information content (AvgIpc) is 1.90. The number of hydrogen-bond donors (Lipinski definition) is 1. The summed E-state index contributed by atoms with van der Waals surface area (Å²) in [7, 11) is 0. The van der Waals surface area contributed by atoms with Crippen molar-refractivity contribution in [1.82, 2.24) is 0 Å². The monoisotopic (exact) mass is 120 g/mol. The summed E-state index contributed by atoms with van der Waals surface area (Å²) in [6, 6.07) is 2.14. The zero-order valence-corrected chi connectivity index (χ0v) is 5.04. The highest BCUT2D eigenvalue weighted by Gasteiger charge is 2.03. The van der Waals surface area contributed by atoms with Crippen molar-refractivity contribution < 1.29 is 0 Å². The van der Waals surface area contributed by atoms with E-state index in [0.29, 0.717) is 0 Å². The Morgan fingerprint density at radius 2 is 2.56 bits per heavy atom. The van der Waals surface area contributed by atoms with Crippen LogP contribution in [0.15, 0.2) is 23.9 Å². The van der Waals surface area contributed by atoms with Gasteiger partial charge in [-0.1, -0.05) is 12.2 Å². The number of nitriles is 1. The van der Waals surface area contributed by atoms with Gasteiger partial charge in [0.15, 0.2) is 0 Å². The van der Waals surface area contributed by atoms with Crippen LogP contribution in [0.4, 0.5) is 0 Å². The first-order valence-corrected chi connectivity index (χ1v) is 2.86. The topological polar surface area (TPSA) is 49.8 Å². The summed E-state index contributed by atoms with van der Waals surface area (Å²) in [5.41, 5.74) is 6.18. The molecule has 2 heteroatoms. The minimum absolute atomic E-state index is 0.0392. The molecule has 1 rings (SSSR count). The highest BCUT2D eigenvalue weighted by molar-refractivity contribution is 5.23. The lowest BCUT2D eigenvalue weighted by molar-refractivity contribution is 0.827. The highest BCUT2D eigenvalue weighted by atomic mass is 14.6. The van der Waals surface area contributed by atoms with Gasteiger partial charge in [-0.3, -0.25) is 0 Å². The summed E-state index contributed by atoms with van der Waals surface area (Å²) >= 11 is 0. The molecule has 1 unspecified atom stereocenters. The van der Waals surface area contributed by atoms with Crippen LogP contribution in [-0.4, -0.2) is 0 Å². The van der Waals surface area contributed by atoms with Crippen LogP contribution in [0.2, 0.25) is 0 Å². The van der Waals surface area contributed by atoms with E-state index in [4.69, 9.17) is 11.0 Å². The van der Waals surface area contributed by atoms with Crippen LogP contribution < -0.4 is 5.73 Å². The minimum Gasteiger partial charge on any atom is -0.399 e. The fraction of sp³-hybridized carbons (Fsp3) is 0.286. The predicted molar refractivity (Wildman–Crippen MR) is 35.1 cm³/mol. The van der Waals surface area contributed by atoms with Gasteiger partial charge in [0, 0.05) is 5.70 Å². The highest BCUT2D eigenvalue weighted by Crippen LogP contribution is 2.11. The van der Waals surface area contributed by atoms with Crippen LogP contribution in [0.5, 0.6) is 0 Å². The van der Waals surface area contributed by atoms with Gasteiger partial charge in [0.25, 0.3) is 0 Å². The normalized spacial score (nSPS) is 24.8. The van der Waals surface area contributed by atoms with Gasteiger partial charge in [-0.25, -0.2) is 0 Å². The Hall–Kier alpha value is -1.23. The van der Waals surface area contributed by atoms with E-state index in [9.17, 15) is 0 Å². The Kier molecular flexibility index (Phi) is 1.55. The molecule has 0 spiro atoms. The fourth-order valence-corrected chi connectivity index (χ4v) is 0.733. The summed E-state index contributed by atoms with van der Waals surface area (Å²) in [6.45, 7) is 0. The van der Waals surface area contributed by atoms with Gasteiger partial charge >= 0.3 is 0 Å². The molecule has 0 aromatic heterocycles. The Labute approximate surface area is 54.3 Å². The molecular formula is C7H8N2. The number of nitrogens with zero attached hydrogens (tertiary/aromatic N) is 1. The molecule has 1 atom stereocenters. The second-order valence-corrected chi connectivity index (χ2v) is 2.03. The van der Waals surface area contributed by atoms with Crippen molar-refractivity contribution in [2.75, 3.05) is 0 Å². The second kappa shape index (κ2) is 2.36. The fourth-order valence-electron chi connectivity index (χ4n) is 0.733. The van der Waals surface area contributed by atoms with Crippen molar-refractivity contribution in [3.05, 3.63) is 23.9 Å². The molecule has 2 N–H and O–H groups in total. The van der Waals surface area contributed by atoms with E-state index in [0.717, 1.165) is 12.1 Å². The van der Waals surface area contributed by atoms with Gasteiger partial charge in [0.1, 0.15) is 0 Å². The minimum atomic E-state index is 0.0392. The van der Waals surface area contributed by atoms with Gasteiger partial charge < -0.3 is 5.73 Å². The van der Waals surface area contributed by atoms with E-state index < -0.39 is 0 Å². The van der Waals surface area contributed by atoms with Crippen LogP contribution in [0.1, 0.15) is 6.42 Å². The molecule has 0 aromatic rings. The maximum absolute atomic E-state index is 8.41. The van der Waals surface area contributed by atoms with E-state index in [2.05, 4.69) is 6.07 Å². The van der Waals surface area contributed by atoms with Gasteiger partial charge in [0.05, 0.1) is 12.0 Å². The molecule has 2 nitrogen and oxygen atoms in total. The molecule has 9 heavy (non-hydrogen) atoms. The first-order chi connectivity index (χ1) is 4.33. The Morgan fingerprint density at radius 3 is 3.00 bits per heavy atom. The molecule has 1 aliphatic rings. The lowest BCUT2D eigenvalue weighted by atomic mass is 10.0. The molecule has 0 aliphatic heterocycles. The van der Waals surface area contributed by atoms with Gasteiger partial charge in [-0.05, 0) is 12.5 Å². The van der Waals surface area contributed by atoms with Crippen LogP contribution in [0, 0.1) is 17.2 Å². The SMILES string of the molecule is N#CC1C=CC(N)=CC1. The third kappa shape index (κ3) is 1.33. The molecular weight excluding hydrogens is 112 g/mol. The molecule has 0 saturated heterocycles. The van der Waals surface area contributed by atoms with E-state index in [1.54, 1.807) is 6.08 Å². The Bertz CT molecular complexity index is 195. The van der Waals surface area contributed by atoms with Gasteiger partial charge in [-0.2, -0.15) is 5.26 Å². The van der Waals surface area contributed by atoms with Crippen molar-refractivity contribution in [3.63, 3.8) is 0 Å². The first-order valence-electron chi connectivity index (χ1n) is 2.86. The average molecular weight is 120 g/mol. The van der Waals surface area contributed by atoms with Crippen LogP contribution in [0.25, 0.3) is 0 Å². The van der Waals surface area contributed by atoms with Crippen LogP contribution >= 0.6 is 0 Å². The lowest BCUT2D eigenvalue weighted by Crippen LogP contribution is -2.01. The van der Waals surface area contributed by atoms with Crippen molar-refractivity contribution in [2.45, 2.75) is 6.42 Å². The maximum Gasteiger partial charge on any atom is 0.0700 e. The van der Waals surface area contributed by atoms with E-state index in [1.807, 2.05) is 12.2 Å². The van der Waals surface area contributed by atoms with E-state index in [-0.39, 0.29) is 5.92 Å². The first kappa shape index (κ1) is 5.90. The molecule has 46 valence electrons. The summed E-state index contributed by atoms with van der Waals surface area (Å²) in [4.78, 5) is 0. The summed E-state index contributed by atoms with van der Waals surface area (Å²) in [5, 5.41) is 8.41. The van der Waals surface area contributed by atoms with Crippen LogP contribution in [-0.2, 0) is 0 Å². The molecule has 0 bridgehead atoms. The lowest BCUT2D eigenvalue weighted by Gasteiger charge is -2.04. The van der Waals surface area contributed by atoms with Crippen molar-refractivity contribution >= 4 is 0 Å². The number of allylic oxidation sites excluding steroid dienone is 3. The summed E-state index contributed by atoms with van der Waals surface area (Å²) < 4.78 is 0. The van der Waals surface area contributed by atoms with Crippen molar-refractivity contribution in [3.8, 4) is 6.07 Å². The zero-order chi connectivity index (χ0) is 6.69. The third-order valence-corrected chi connectivity index (χ3v) is 1.29. The van der Waals surface area contributed by atoms with Crippen molar-refractivity contribution in [1.29, 1.82) is 5.26 Å². The Morgan fingerprint density at radius 1 is 1.78 bits per heavy atom. The molecule has 0 saturated carbocycles. The molecule has 0 amide bonds. The van der Waals surface area contributed by atoms with E-state index in [1.165, 1.54) is 0 Å². The standard InChI is InChI=1S/C7H8N2/c8-5-6-1-3-7(9)4-2-6/h1,3-4,6H,2,9H2. The molecule has 0 fully saturated rings. The van der Waals surface area contributed by atoms with Crippen molar-refractivity contribution in [2.24, 2.45) is 11.7 Å². The zero-order valence-electron chi connectivity index (χ0n) is 5.04. The Balaban J connectivity index is 2.61. The maximum atomic E-state index is 8.41. The molecule has 1 aliphatic carbocycles. The largest absolute Gasteiger partial charge is 0.399 e. The van der Waals surface area contributed by atoms with Crippen LogP contribution in [0.3, 0.4) is 0 Å². The van der Waals surface area contributed by atoms with E-state index >= 15 is 0 Å². The summed E-state index contributed by atoms with van der Waals surface area (Å²) in [5.74, 6) is 0.0392. The van der Waals surface area contributed by atoms with Gasteiger partial charge in [0.2, 0.25) is 0 Å². The van der Waals surface area contributed by atoms with Gasteiger partial charge in [-0.15, -0.1) is 0 Å². The summed E-state index contributed by atoms with van der Waals surface area (Å²) in [6.07, 6.45) is 6.24. The number of nitrogens with two attached hydrogens (primary N) is 1. The molecule has 0 heterocycles.